The summed E-state index contributed by atoms with van der Waals surface area (Å²) in [4.78, 5) is 15.4. The van der Waals surface area contributed by atoms with Gasteiger partial charge in [0.15, 0.2) is 0 Å². The van der Waals surface area contributed by atoms with Gasteiger partial charge in [-0.05, 0) is 41.8 Å². The number of aromatic nitrogens is 2. The molecule has 1 aliphatic heterocycles. The van der Waals surface area contributed by atoms with Gasteiger partial charge in [-0.25, -0.2) is 0 Å². The lowest BCUT2D eigenvalue weighted by molar-refractivity contribution is 0.0685. The van der Waals surface area contributed by atoms with Gasteiger partial charge in [0.25, 0.3) is 5.91 Å². The minimum Gasteiger partial charge on any atom is -0.497 e. The standard InChI is InChI=1S/C27H26N4O2/c1-33-23-13-11-20(12-14-23)15-16-31-26(29-25-10-6-5-9-24(25)27(31)32)22-17-28-30(19-22)18-21-7-3-2-4-8-21/h2-14,17,19,26,29H,15-16,18H2,1H3. The van der Waals surface area contributed by atoms with Crippen LogP contribution in [-0.2, 0) is 13.0 Å². The summed E-state index contributed by atoms with van der Waals surface area (Å²) in [5.74, 6) is 0.853. The van der Waals surface area contributed by atoms with E-state index < -0.39 is 0 Å². The Kier molecular flexibility index (Phi) is 5.81. The van der Waals surface area contributed by atoms with Gasteiger partial charge in [-0.15, -0.1) is 0 Å². The highest BCUT2D eigenvalue weighted by Gasteiger charge is 2.33. The molecular formula is C27H26N4O2. The largest absolute Gasteiger partial charge is 0.497 e. The number of methoxy groups -OCH3 is 1. The van der Waals surface area contributed by atoms with Crippen LogP contribution in [0, 0.1) is 0 Å². The lowest BCUT2D eigenvalue weighted by Gasteiger charge is -2.37. The van der Waals surface area contributed by atoms with Gasteiger partial charge in [-0.1, -0.05) is 54.6 Å². The van der Waals surface area contributed by atoms with Crippen LogP contribution in [0.1, 0.15) is 33.2 Å². The second kappa shape index (κ2) is 9.20. The number of amides is 1. The van der Waals surface area contributed by atoms with E-state index in [4.69, 9.17) is 4.74 Å². The molecule has 0 radical (unpaired) electrons. The zero-order valence-corrected chi connectivity index (χ0v) is 18.5. The monoisotopic (exact) mass is 438 g/mol. The molecule has 1 N–H and O–H groups in total. The zero-order chi connectivity index (χ0) is 22.6. The van der Waals surface area contributed by atoms with Crippen LogP contribution in [0.25, 0.3) is 0 Å². The quantitative estimate of drug-likeness (QED) is 0.452. The molecule has 0 spiro atoms. The normalized spacial score (nSPS) is 15.1. The number of fused-ring (bicyclic) bond motifs is 1. The molecule has 0 saturated heterocycles. The highest BCUT2D eigenvalue weighted by atomic mass is 16.5. The number of anilines is 1. The third kappa shape index (κ3) is 4.46. The minimum absolute atomic E-state index is 0.0265. The molecule has 0 saturated carbocycles. The first kappa shape index (κ1) is 20.8. The van der Waals surface area contributed by atoms with Crippen molar-refractivity contribution in [2.24, 2.45) is 0 Å². The van der Waals surface area contributed by atoms with Gasteiger partial charge in [0.2, 0.25) is 0 Å². The van der Waals surface area contributed by atoms with Crippen molar-refractivity contribution in [1.82, 2.24) is 14.7 Å². The lowest BCUT2D eigenvalue weighted by atomic mass is 10.0. The number of rotatable bonds is 7. The molecule has 1 aliphatic rings. The number of nitrogens with zero attached hydrogens (tertiary/aromatic N) is 3. The molecule has 33 heavy (non-hydrogen) atoms. The molecule has 2 heterocycles. The highest BCUT2D eigenvalue weighted by Crippen LogP contribution is 2.33. The fourth-order valence-corrected chi connectivity index (χ4v) is 4.21. The average molecular weight is 439 g/mol. The van der Waals surface area contributed by atoms with E-state index in [1.54, 1.807) is 7.11 Å². The summed E-state index contributed by atoms with van der Waals surface area (Å²) in [5, 5.41) is 8.12. The molecule has 1 atom stereocenters. The van der Waals surface area contributed by atoms with E-state index in [0.717, 1.165) is 29.0 Å². The SMILES string of the molecule is COc1ccc(CCN2C(=O)c3ccccc3NC2c2cnn(Cc3ccccc3)c2)cc1. The number of ether oxygens (including phenoxy) is 1. The van der Waals surface area contributed by atoms with Gasteiger partial charge in [0.05, 0.1) is 25.4 Å². The fourth-order valence-electron chi connectivity index (χ4n) is 4.21. The predicted molar refractivity (Wildman–Crippen MR) is 128 cm³/mol. The Hall–Kier alpha value is -4.06. The Morgan fingerprint density at radius 2 is 1.70 bits per heavy atom. The predicted octanol–water partition coefficient (Wildman–Crippen LogP) is 4.75. The van der Waals surface area contributed by atoms with Crippen molar-refractivity contribution < 1.29 is 9.53 Å². The Bertz CT molecular complexity index is 1230. The van der Waals surface area contributed by atoms with E-state index in [1.807, 2.05) is 88.7 Å². The molecule has 6 nitrogen and oxygen atoms in total. The lowest BCUT2D eigenvalue weighted by Crippen LogP contribution is -2.43. The molecule has 0 aliphatic carbocycles. The number of carbonyl (C=O) groups excluding carboxylic acids is 1. The molecule has 1 unspecified atom stereocenters. The molecule has 5 rings (SSSR count). The summed E-state index contributed by atoms with van der Waals surface area (Å²) in [7, 11) is 1.66. The maximum atomic E-state index is 13.5. The molecule has 166 valence electrons. The second-order valence-electron chi connectivity index (χ2n) is 8.15. The summed E-state index contributed by atoms with van der Waals surface area (Å²) < 4.78 is 7.17. The molecule has 4 aromatic rings. The summed E-state index contributed by atoms with van der Waals surface area (Å²) in [6, 6.07) is 25.9. The topological polar surface area (TPSA) is 59.4 Å². The van der Waals surface area contributed by atoms with Crippen molar-refractivity contribution in [3.63, 3.8) is 0 Å². The molecule has 0 bridgehead atoms. The smallest absolute Gasteiger partial charge is 0.257 e. The number of benzene rings is 3. The van der Waals surface area contributed by atoms with Gasteiger partial charge in [-0.3, -0.25) is 9.48 Å². The van der Waals surface area contributed by atoms with Gasteiger partial charge in [0.1, 0.15) is 11.9 Å². The van der Waals surface area contributed by atoms with E-state index in [9.17, 15) is 4.79 Å². The zero-order valence-electron chi connectivity index (χ0n) is 18.5. The first-order chi connectivity index (χ1) is 16.2. The van der Waals surface area contributed by atoms with Gasteiger partial charge in [-0.2, -0.15) is 5.10 Å². The number of hydrogen-bond donors (Lipinski definition) is 1. The van der Waals surface area contributed by atoms with E-state index in [-0.39, 0.29) is 12.1 Å². The highest BCUT2D eigenvalue weighted by molar-refractivity contribution is 6.01. The summed E-state index contributed by atoms with van der Waals surface area (Å²) in [5.41, 5.74) is 4.84. The number of carbonyl (C=O) groups is 1. The molecule has 1 aromatic heterocycles. The minimum atomic E-state index is -0.282. The van der Waals surface area contributed by atoms with Crippen molar-refractivity contribution in [3.8, 4) is 5.75 Å². The van der Waals surface area contributed by atoms with Crippen LogP contribution in [0.3, 0.4) is 0 Å². The van der Waals surface area contributed by atoms with Gasteiger partial charge >= 0.3 is 0 Å². The number of hydrogen-bond acceptors (Lipinski definition) is 4. The van der Waals surface area contributed by atoms with Crippen LogP contribution in [0.5, 0.6) is 5.75 Å². The molecule has 1 amide bonds. The molecule has 3 aromatic carbocycles. The number of para-hydroxylation sites is 1. The maximum absolute atomic E-state index is 13.5. The van der Waals surface area contributed by atoms with Gasteiger partial charge in [0, 0.05) is 24.0 Å². The van der Waals surface area contributed by atoms with Crippen molar-refractivity contribution in [2.45, 2.75) is 19.1 Å². The van der Waals surface area contributed by atoms with E-state index >= 15 is 0 Å². The first-order valence-electron chi connectivity index (χ1n) is 11.1. The summed E-state index contributed by atoms with van der Waals surface area (Å²) >= 11 is 0. The Morgan fingerprint density at radius 1 is 0.939 bits per heavy atom. The van der Waals surface area contributed by atoms with Crippen molar-refractivity contribution in [3.05, 3.63) is 114 Å². The molecule has 6 heteroatoms. The third-order valence-corrected chi connectivity index (χ3v) is 5.98. The van der Waals surface area contributed by atoms with Crippen LogP contribution in [0.4, 0.5) is 5.69 Å². The van der Waals surface area contributed by atoms with E-state index in [1.165, 1.54) is 5.56 Å². The Balaban J connectivity index is 1.40. The summed E-state index contributed by atoms with van der Waals surface area (Å²) in [6.07, 6.45) is 4.33. The van der Waals surface area contributed by atoms with Crippen molar-refractivity contribution in [1.29, 1.82) is 0 Å². The first-order valence-corrected chi connectivity index (χ1v) is 11.1. The van der Waals surface area contributed by atoms with Crippen LogP contribution in [0.15, 0.2) is 91.3 Å². The van der Waals surface area contributed by atoms with E-state index in [2.05, 4.69) is 22.5 Å². The van der Waals surface area contributed by atoms with Crippen LogP contribution in [-0.4, -0.2) is 34.2 Å². The molecular weight excluding hydrogens is 412 g/mol. The second-order valence-corrected chi connectivity index (χ2v) is 8.15. The van der Waals surface area contributed by atoms with Crippen LogP contribution >= 0.6 is 0 Å². The summed E-state index contributed by atoms with van der Waals surface area (Å²) in [6.45, 7) is 1.27. The average Bonchev–Trinajstić information content (AvgIpc) is 3.32. The molecule has 0 fully saturated rings. The van der Waals surface area contributed by atoms with Crippen molar-refractivity contribution >= 4 is 11.6 Å². The van der Waals surface area contributed by atoms with Crippen LogP contribution < -0.4 is 10.1 Å². The maximum Gasteiger partial charge on any atom is 0.257 e. The third-order valence-electron chi connectivity index (χ3n) is 5.98. The number of nitrogens with one attached hydrogen (secondary N) is 1. The van der Waals surface area contributed by atoms with Crippen LogP contribution in [0.2, 0.25) is 0 Å². The van der Waals surface area contributed by atoms with Gasteiger partial charge < -0.3 is 15.0 Å². The Morgan fingerprint density at radius 3 is 2.48 bits per heavy atom. The fraction of sp³-hybridized carbons (Fsp3) is 0.185. The van der Waals surface area contributed by atoms with Crippen molar-refractivity contribution in [2.75, 3.05) is 19.0 Å². The Labute approximate surface area is 193 Å². The van der Waals surface area contributed by atoms with E-state index in [0.29, 0.717) is 18.7 Å².